The number of nitrogens with zero attached hydrogens (tertiary/aromatic N) is 2. The molecule has 2 aliphatic rings. The molecular formula is C14H15FN2O4. The second kappa shape index (κ2) is 5.40. The van der Waals surface area contributed by atoms with Gasteiger partial charge in [0.1, 0.15) is 0 Å². The van der Waals surface area contributed by atoms with Crippen LogP contribution >= 0.6 is 0 Å². The number of morpholine rings is 1. The molecule has 112 valence electrons. The number of nitro groups is 1. The van der Waals surface area contributed by atoms with Crippen LogP contribution in [0, 0.1) is 15.9 Å². The molecule has 1 aliphatic heterocycles. The molecule has 2 unspecified atom stereocenters. The minimum Gasteiger partial charge on any atom is -0.374 e. The molecule has 7 heteroatoms. The van der Waals surface area contributed by atoms with Crippen LogP contribution in [-0.2, 0) is 4.74 Å². The summed E-state index contributed by atoms with van der Waals surface area (Å²) in [5, 5.41) is 10.6. The highest BCUT2D eigenvalue weighted by molar-refractivity contribution is 5.94. The van der Waals surface area contributed by atoms with Gasteiger partial charge in [0.05, 0.1) is 23.7 Å². The van der Waals surface area contributed by atoms with E-state index in [1.807, 2.05) is 0 Å². The molecule has 0 bridgehead atoms. The Labute approximate surface area is 120 Å². The van der Waals surface area contributed by atoms with E-state index in [-0.39, 0.29) is 23.6 Å². The SMILES string of the molecule is O=C(c1ccc([N+](=O)[O-])c(F)c1)N1CCOC2CCCC21. The normalized spacial score (nSPS) is 24.7. The molecule has 0 spiro atoms. The Morgan fingerprint density at radius 2 is 2.24 bits per heavy atom. The number of benzene rings is 1. The number of carbonyl (C=O) groups excluding carboxylic acids is 1. The van der Waals surface area contributed by atoms with Gasteiger partial charge in [-0.1, -0.05) is 0 Å². The molecule has 1 aromatic rings. The topological polar surface area (TPSA) is 72.7 Å². The standard InChI is InChI=1S/C14H15FN2O4/c15-10-8-9(4-5-11(10)17(19)20)14(18)16-6-7-21-13-3-1-2-12(13)16/h4-5,8,12-13H,1-3,6-7H2. The summed E-state index contributed by atoms with van der Waals surface area (Å²) < 4.78 is 19.3. The molecule has 1 saturated carbocycles. The number of hydrogen-bond acceptors (Lipinski definition) is 4. The molecule has 21 heavy (non-hydrogen) atoms. The molecule has 1 aliphatic carbocycles. The number of ether oxygens (including phenoxy) is 1. The smallest absolute Gasteiger partial charge is 0.304 e. The van der Waals surface area contributed by atoms with Crippen molar-refractivity contribution in [3.63, 3.8) is 0 Å². The van der Waals surface area contributed by atoms with Crippen molar-refractivity contribution >= 4 is 11.6 Å². The number of fused-ring (bicyclic) bond motifs is 1. The van der Waals surface area contributed by atoms with Crippen LogP contribution in [0.15, 0.2) is 18.2 Å². The van der Waals surface area contributed by atoms with Crippen molar-refractivity contribution in [2.45, 2.75) is 31.4 Å². The van der Waals surface area contributed by atoms with Crippen molar-refractivity contribution < 1.29 is 18.8 Å². The Morgan fingerprint density at radius 3 is 2.95 bits per heavy atom. The first-order valence-electron chi connectivity index (χ1n) is 6.94. The zero-order valence-corrected chi connectivity index (χ0v) is 11.3. The lowest BCUT2D eigenvalue weighted by Gasteiger charge is -2.37. The number of rotatable bonds is 2. The van der Waals surface area contributed by atoms with Crippen molar-refractivity contribution in [2.75, 3.05) is 13.2 Å². The highest BCUT2D eigenvalue weighted by Gasteiger charge is 2.38. The maximum Gasteiger partial charge on any atom is 0.304 e. The van der Waals surface area contributed by atoms with E-state index in [2.05, 4.69) is 0 Å². The van der Waals surface area contributed by atoms with E-state index in [0.29, 0.717) is 13.2 Å². The lowest BCUT2D eigenvalue weighted by atomic mass is 10.1. The highest BCUT2D eigenvalue weighted by Crippen LogP contribution is 2.31. The number of carbonyl (C=O) groups is 1. The monoisotopic (exact) mass is 294 g/mol. The molecular weight excluding hydrogens is 279 g/mol. The van der Waals surface area contributed by atoms with Gasteiger partial charge in [-0.05, 0) is 31.4 Å². The summed E-state index contributed by atoms with van der Waals surface area (Å²) in [4.78, 5) is 24.0. The number of amides is 1. The fourth-order valence-corrected chi connectivity index (χ4v) is 3.13. The Balaban J connectivity index is 1.84. The van der Waals surface area contributed by atoms with Gasteiger partial charge in [-0.15, -0.1) is 0 Å². The molecule has 6 nitrogen and oxygen atoms in total. The third kappa shape index (κ3) is 2.49. The quantitative estimate of drug-likeness (QED) is 0.618. The van der Waals surface area contributed by atoms with Crippen molar-refractivity contribution in [2.24, 2.45) is 0 Å². The molecule has 2 fully saturated rings. The summed E-state index contributed by atoms with van der Waals surface area (Å²) in [6, 6.07) is 3.32. The zero-order chi connectivity index (χ0) is 15.0. The summed E-state index contributed by atoms with van der Waals surface area (Å²) >= 11 is 0. The molecule has 1 heterocycles. The summed E-state index contributed by atoms with van der Waals surface area (Å²) in [6.07, 6.45) is 2.88. The molecule has 1 saturated heterocycles. The predicted molar refractivity (Wildman–Crippen MR) is 71.5 cm³/mol. The molecule has 3 rings (SSSR count). The summed E-state index contributed by atoms with van der Waals surface area (Å²) in [7, 11) is 0. The van der Waals surface area contributed by atoms with Crippen LogP contribution in [0.3, 0.4) is 0 Å². The summed E-state index contributed by atoms with van der Waals surface area (Å²) in [5.74, 6) is -1.27. The van der Waals surface area contributed by atoms with Gasteiger partial charge in [-0.2, -0.15) is 4.39 Å². The largest absolute Gasteiger partial charge is 0.374 e. The molecule has 0 N–H and O–H groups in total. The summed E-state index contributed by atoms with van der Waals surface area (Å²) in [5.41, 5.74) is -0.474. The third-order valence-corrected chi connectivity index (χ3v) is 4.13. The van der Waals surface area contributed by atoms with Crippen LogP contribution in [0.4, 0.5) is 10.1 Å². The third-order valence-electron chi connectivity index (χ3n) is 4.13. The lowest BCUT2D eigenvalue weighted by Crippen LogP contribution is -2.51. The van der Waals surface area contributed by atoms with Crippen LogP contribution in [0.25, 0.3) is 0 Å². The molecule has 1 amide bonds. The van der Waals surface area contributed by atoms with E-state index in [1.165, 1.54) is 6.07 Å². The fourth-order valence-electron chi connectivity index (χ4n) is 3.13. The van der Waals surface area contributed by atoms with Gasteiger partial charge < -0.3 is 9.64 Å². The van der Waals surface area contributed by atoms with Gasteiger partial charge >= 0.3 is 5.69 Å². The van der Waals surface area contributed by atoms with E-state index >= 15 is 0 Å². The highest BCUT2D eigenvalue weighted by atomic mass is 19.1. The van der Waals surface area contributed by atoms with E-state index < -0.39 is 16.4 Å². The van der Waals surface area contributed by atoms with Gasteiger partial charge in [-0.25, -0.2) is 0 Å². The Morgan fingerprint density at radius 1 is 1.43 bits per heavy atom. The molecule has 0 radical (unpaired) electrons. The summed E-state index contributed by atoms with van der Waals surface area (Å²) in [6.45, 7) is 0.945. The Kier molecular flexibility index (Phi) is 3.59. The minimum absolute atomic E-state index is 0.0319. The van der Waals surface area contributed by atoms with Crippen molar-refractivity contribution in [3.05, 3.63) is 39.7 Å². The maximum atomic E-state index is 13.7. The number of hydrogen-bond donors (Lipinski definition) is 0. The minimum atomic E-state index is -0.984. The lowest BCUT2D eigenvalue weighted by molar-refractivity contribution is -0.387. The average molecular weight is 294 g/mol. The zero-order valence-electron chi connectivity index (χ0n) is 11.3. The van der Waals surface area contributed by atoms with E-state index in [1.54, 1.807) is 4.90 Å². The Hall–Kier alpha value is -2.02. The van der Waals surface area contributed by atoms with Gasteiger partial charge in [0, 0.05) is 18.2 Å². The van der Waals surface area contributed by atoms with Crippen molar-refractivity contribution in [1.29, 1.82) is 0 Å². The van der Waals surface area contributed by atoms with E-state index in [0.717, 1.165) is 31.4 Å². The average Bonchev–Trinajstić information content (AvgIpc) is 2.94. The van der Waals surface area contributed by atoms with Gasteiger partial charge in [0.25, 0.3) is 5.91 Å². The molecule has 0 aromatic heterocycles. The van der Waals surface area contributed by atoms with E-state index in [4.69, 9.17) is 4.74 Å². The first-order chi connectivity index (χ1) is 10.1. The predicted octanol–water partition coefficient (Wildman–Crippen LogP) is 2.13. The maximum absolute atomic E-state index is 13.7. The Bertz CT molecular complexity index is 592. The van der Waals surface area contributed by atoms with Crippen LogP contribution in [-0.4, -0.2) is 41.0 Å². The number of halogens is 1. The van der Waals surface area contributed by atoms with Crippen LogP contribution in [0.2, 0.25) is 0 Å². The van der Waals surface area contributed by atoms with Crippen LogP contribution in [0.5, 0.6) is 0 Å². The fraction of sp³-hybridized carbons (Fsp3) is 0.500. The molecule has 1 aromatic carbocycles. The van der Waals surface area contributed by atoms with Gasteiger partial charge in [-0.3, -0.25) is 14.9 Å². The van der Waals surface area contributed by atoms with Gasteiger partial charge in [0.2, 0.25) is 5.82 Å². The van der Waals surface area contributed by atoms with E-state index in [9.17, 15) is 19.3 Å². The number of nitro benzene ring substituents is 1. The first-order valence-corrected chi connectivity index (χ1v) is 6.94. The molecule has 2 atom stereocenters. The second-order valence-electron chi connectivity index (χ2n) is 5.33. The second-order valence-corrected chi connectivity index (χ2v) is 5.33. The van der Waals surface area contributed by atoms with Crippen LogP contribution in [0.1, 0.15) is 29.6 Å². The first kappa shape index (κ1) is 13.9. The van der Waals surface area contributed by atoms with Crippen LogP contribution < -0.4 is 0 Å². The van der Waals surface area contributed by atoms with Gasteiger partial charge in [0.15, 0.2) is 0 Å². The van der Waals surface area contributed by atoms with Crippen molar-refractivity contribution in [3.8, 4) is 0 Å². The van der Waals surface area contributed by atoms with Crippen molar-refractivity contribution in [1.82, 2.24) is 4.90 Å².